The van der Waals surface area contributed by atoms with E-state index in [-0.39, 0.29) is 18.1 Å². The Labute approximate surface area is 181 Å². The summed E-state index contributed by atoms with van der Waals surface area (Å²) in [6.45, 7) is 0.744. The van der Waals surface area contributed by atoms with Gasteiger partial charge in [0.15, 0.2) is 0 Å². The lowest BCUT2D eigenvalue weighted by molar-refractivity contribution is 0.111. The van der Waals surface area contributed by atoms with Crippen molar-refractivity contribution in [1.29, 1.82) is 0 Å². The Morgan fingerprint density at radius 2 is 1.45 bits per heavy atom. The van der Waals surface area contributed by atoms with Gasteiger partial charge < -0.3 is 20.2 Å². The van der Waals surface area contributed by atoms with Crippen LogP contribution in [0.4, 0.5) is 5.69 Å². The van der Waals surface area contributed by atoms with E-state index < -0.39 is 5.92 Å². The van der Waals surface area contributed by atoms with E-state index in [4.69, 9.17) is 5.11 Å². The van der Waals surface area contributed by atoms with E-state index in [1.54, 1.807) is 12.1 Å². The third-order valence-corrected chi connectivity index (χ3v) is 5.29. The van der Waals surface area contributed by atoms with Crippen molar-refractivity contribution >= 4 is 18.3 Å². The van der Waals surface area contributed by atoms with Gasteiger partial charge in [0.25, 0.3) is 0 Å². The number of aldehydes is 2. The molecule has 6 heteroatoms. The molecule has 0 aromatic heterocycles. The molecule has 0 saturated carbocycles. The van der Waals surface area contributed by atoms with Crippen molar-refractivity contribution in [2.24, 2.45) is 0 Å². The maximum atomic E-state index is 11.4. The summed E-state index contributed by atoms with van der Waals surface area (Å²) in [5, 5.41) is 30.4. The molecule has 0 saturated heterocycles. The molecule has 0 fully saturated rings. The van der Waals surface area contributed by atoms with Crippen LogP contribution in [0.25, 0.3) is 0 Å². The first-order valence-electron chi connectivity index (χ1n) is 9.96. The number of hydrogen-bond acceptors (Lipinski definition) is 6. The molecule has 0 aliphatic carbocycles. The first-order valence-corrected chi connectivity index (χ1v) is 9.96. The number of carbonyl (C=O) groups is 2. The Kier molecular flexibility index (Phi) is 7.05. The summed E-state index contributed by atoms with van der Waals surface area (Å²) in [6.07, 6.45) is 2.01. The molecule has 3 aromatic carbocycles. The maximum Gasteiger partial charge on any atom is 0.150 e. The number of nitrogens with zero attached hydrogens (tertiary/aromatic N) is 1. The van der Waals surface area contributed by atoms with Crippen LogP contribution in [0.5, 0.6) is 11.5 Å². The zero-order valence-electron chi connectivity index (χ0n) is 17.2. The van der Waals surface area contributed by atoms with Crippen LogP contribution >= 0.6 is 0 Å². The minimum Gasteiger partial charge on any atom is -0.508 e. The van der Waals surface area contributed by atoms with Crippen LogP contribution < -0.4 is 4.90 Å². The molecule has 0 unspecified atom stereocenters. The molecule has 3 N–H and O–H groups in total. The van der Waals surface area contributed by atoms with E-state index in [9.17, 15) is 19.8 Å². The lowest BCUT2D eigenvalue weighted by Crippen LogP contribution is -2.19. The molecule has 3 aromatic rings. The van der Waals surface area contributed by atoms with E-state index >= 15 is 0 Å². The van der Waals surface area contributed by atoms with Crippen LogP contribution in [-0.4, -0.2) is 48.1 Å². The lowest BCUT2D eigenvalue weighted by Gasteiger charge is -2.24. The van der Waals surface area contributed by atoms with E-state index in [1.165, 1.54) is 24.3 Å². The molecule has 0 atom stereocenters. The number of phenolic OH excluding ortho intramolecular Hbond substituents is 2. The molecular formula is C25H25NO5. The van der Waals surface area contributed by atoms with E-state index in [2.05, 4.69) is 0 Å². The predicted molar refractivity (Wildman–Crippen MR) is 119 cm³/mol. The summed E-state index contributed by atoms with van der Waals surface area (Å²) in [5.74, 6) is -0.665. The Morgan fingerprint density at radius 1 is 0.871 bits per heavy atom. The van der Waals surface area contributed by atoms with Gasteiger partial charge in [0.05, 0.1) is 0 Å². The summed E-state index contributed by atoms with van der Waals surface area (Å²) < 4.78 is 0. The molecule has 0 aliphatic rings. The summed E-state index contributed by atoms with van der Waals surface area (Å²) in [7, 11) is 1.92. The number of aliphatic hydroxyl groups is 1. The summed E-state index contributed by atoms with van der Waals surface area (Å²) in [5.41, 5.74) is 3.33. The van der Waals surface area contributed by atoms with E-state index in [0.29, 0.717) is 47.8 Å². The standard InChI is InChI=1S/C25H25NO5/c1-26(10-3-11-27)20-5-2-4-19(14-20)25(21-12-17(15-28)6-8-23(21)30)22-13-18(16-29)7-9-24(22)31/h2,4-9,12-16,25,27,30-31H,3,10-11H2,1H3. The van der Waals surface area contributed by atoms with E-state index in [1.807, 2.05) is 36.2 Å². The van der Waals surface area contributed by atoms with Gasteiger partial charge in [0, 0.05) is 54.1 Å². The monoisotopic (exact) mass is 419 g/mol. The van der Waals surface area contributed by atoms with Gasteiger partial charge >= 0.3 is 0 Å². The summed E-state index contributed by atoms with van der Waals surface area (Å²) in [6, 6.07) is 16.7. The van der Waals surface area contributed by atoms with Crippen LogP contribution in [0.2, 0.25) is 0 Å². The number of carbonyl (C=O) groups excluding carboxylic acids is 2. The maximum absolute atomic E-state index is 11.4. The van der Waals surface area contributed by atoms with Crippen molar-refractivity contribution in [3.63, 3.8) is 0 Å². The number of aliphatic hydroxyl groups excluding tert-OH is 1. The topological polar surface area (TPSA) is 98.1 Å². The SMILES string of the molecule is CN(CCCO)c1cccc(C(c2cc(C=O)ccc2O)c2cc(C=O)ccc2O)c1. The average Bonchev–Trinajstić information content (AvgIpc) is 2.80. The summed E-state index contributed by atoms with van der Waals surface area (Å²) in [4.78, 5) is 24.7. The van der Waals surface area contributed by atoms with Crippen molar-refractivity contribution in [2.75, 3.05) is 25.1 Å². The predicted octanol–water partition coefficient (Wildman–Crippen LogP) is 3.72. The van der Waals surface area contributed by atoms with Crippen LogP contribution in [0.15, 0.2) is 60.7 Å². The molecule has 0 radical (unpaired) electrons. The van der Waals surface area contributed by atoms with Gasteiger partial charge in [-0.1, -0.05) is 12.1 Å². The van der Waals surface area contributed by atoms with Crippen molar-refractivity contribution < 1.29 is 24.9 Å². The number of phenols is 2. The highest BCUT2D eigenvalue weighted by molar-refractivity contribution is 5.78. The second-order valence-corrected chi connectivity index (χ2v) is 7.40. The largest absolute Gasteiger partial charge is 0.508 e. The normalized spacial score (nSPS) is 10.8. The second-order valence-electron chi connectivity index (χ2n) is 7.40. The quantitative estimate of drug-likeness (QED) is 0.361. The minimum atomic E-state index is -0.619. The van der Waals surface area contributed by atoms with Gasteiger partial charge in [0.2, 0.25) is 0 Å². The molecule has 0 aliphatic heterocycles. The third kappa shape index (κ3) is 4.92. The molecular weight excluding hydrogens is 394 g/mol. The second kappa shape index (κ2) is 9.91. The highest BCUT2D eigenvalue weighted by atomic mass is 16.3. The highest BCUT2D eigenvalue weighted by Crippen LogP contribution is 2.41. The molecule has 0 bridgehead atoms. The Hall–Kier alpha value is -3.64. The average molecular weight is 419 g/mol. The van der Waals surface area contributed by atoms with Crippen molar-refractivity contribution in [3.05, 3.63) is 88.5 Å². The lowest BCUT2D eigenvalue weighted by atomic mass is 9.82. The fourth-order valence-corrected chi connectivity index (χ4v) is 3.66. The summed E-state index contributed by atoms with van der Waals surface area (Å²) >= 11 is 0. The number of benzene rings is 3. The van der Waals surface area contributed by atoms with Crippen LogP contribution in [0.3, 0.4) is 0 Å². The van der Waals surface area contributed by atoms with Gasteiger partial charge in [-0.15, -0.1) is 0 Å². The van der Waals surface area contributed by atoms with Gasteiger partial charge in [0.1, 0.15) is 24.1 Å². The van der Waals surface area contributed by atoms with E-state index in [0.717, 1.165) is 11.3 Å². The fraction of sp³-hybridized carbons (Fsp3) is 0.200. The zero-order valence-corrected chi connectivity index (χ0v) is 17.2. The first kappa shape index (κ1) is 22.1. The van der Waals surface area contributed by atoms with Crippen LogP contribution in [0, 0.1) is 0 Å². The van der Waals surface area contributed by atoms with Crippen LogP contribution in [-0.2, 0) is 0 Å². The Balaban J connectivity index is 2.21. The molecule has 0 spiro atoms. The van der Waals surface area contributed by atoms with Gasteiger partial charge in [-0.2, -0.15) is 0 Å². The first-order chi connectivity index (χ1) is 15.0. The zero-order chi connectivity index (χ0) is 22.4. The molecule has 6 nitrogen and oxygen atoms in total. The van der Waals surface area contributed by atoms with Gasteiger partial charge in [-0.05, 0) is 60.5 Å². The minimum absolute atomic E-state index is 0.0226. The molecule has 3 rings (SSSR count). The van der Waals surface area contributed by atoms with Crippen molar-refractivity contribution in [2.45, 2.75) is 12.3 Å². The molecule has 0 heterocycles. The van der Waals surface area contributed by atoms with Crippen molar-refractivity contribution in [1.82, 2.24) is 0 Å². The van der Waals surface area contributed by atoms with Gasteiger partial charge in [-0.25, -0.2) is 0 Å². The highest BCUT2D eigenvalue weighted by Gasteiger charge is 2.24. The number of hydrogen-bond donors (Lipinski definition) is 3. The fourth-order valence-electron chi connectivity index (χ4n) is 3.66. The third-order valence-electron chi connectivity index (χ3n) is 5.29. The Morgan fingerprint density at radius 3 is 1.97 bits per heavy atom. The Bertz CT molecular complexity index is 1020. The van der Waals surface area contributed by atoms with Gasteiger partial charge in [-0.3, -0.25) is 9.59 Å². The smallest absolute Gasteiger partial charge is 0.150 e. The number of aromatic hydroxyl groups is 2. The molecule has 0 amide bonds. The van der Waals surface area contributed by atoms with Crippen molar-refractivity contribution in [3.8, 4) is 11.5 Å². The molecule has 160 valence electrons. The number of anilines is 1. The molecule has 31 heavy (non-hydrogen) atoms. The number of rotatable bonds is 9. The van der Waals surface area contributed by atoms with Crippen LogP contribution in [0.1, 0.15) is 49.7 Å².